The molecule has 0 aromatic heterocycles. The van der Waals surface area contributed by atoms with E-state index in [0.29, 0.717) is 0 Å². The van der Waals surface area contributed by atoms with Crippen molar-refractivity contribution in [1.82, 2.24) is 0 Å². The van der Waals surface area contributed by atoms with Gasteiger partial charge in [0.2, 0.25) is 4.62 Å². The molecule has 0 aliphatic rings. The molecule has 0 heterocycles. The minimum Gasteiger partial charge on any atom is -0.277 e. The maximum atomic E-state index is 8.35. The number of para-hydroxylation sites is 1. The number of nitriles is 1. The molecule has 0 aliphatic heterocycles. The van der Waals surface area contributed by atoms with Gasteiger partial charge in [0.25, 0.3) is 0 Å². The lowest BCUT2D eigenvalue weighted by molar-refractivity contribution is 1.35. The molecule has 1 N–H and O–H groups in total. The number of anilines is 1. The van der Waals surface area contributed by atoms with E-state index < -0.39 is 0 Å². The van der Waals surface area contributed by atoms with Gasteiger partial charge in [0.05, 0.1) is 5.69 Å². The molecule has 0 atom stereocenters. The molecule has 0 bridgehead atoms. The predicted octanol–water partition coefficient (Wildman–Crippen LogP) is 2.33. The zero-order chi connectivity index (χ0) is 8.81. The van der Waals surface area contributed by atoms with E-state index in [4.69, 9.17) is 5.26 Å². The first kappa shape index (κ1) is 8.75. The van der Waals surface area contributed by atoms with Gasteiger partial charge in [0, 0.05) is 0 Å². The quantitative estimate of drug-likeness (QED) is 0.619. The fourth-order valence-corrected chi connectivity index (χ4v) is 0.740. The van der Waals surface area contributed by atoms with Gasteiger partial charge in [-0.2, -0.15) is 10.4 Å². The van der Waals surface area contributed by atoms with Gasteiger partial charge in [0.15, 0.2) is 0 Å². The van der Waals surface area contributed by atoms with Crippen molar-refractivity contribution in [3.8, 4) is 6.07 Å². The zero-order valence-electron chi connectivity index (χ0n) is 6.16. The highest BCUT2D eigenvalue weighted by Gasteiger charge is 1.88. The van der Waals surface area contributed by atoms with Crippen LogP contribution in [-0.4, -0.2) is 4.62 Å². The van der Waals surface area contributed by atoms with Crippen molar-refractivity contribution in [2.75, 3.05) is 5.43 Å². The summed E-state index contributed by atoms with van der Waals surface area (Å²) in [6.45, 7) is 0. The molecular formula is C8H6BrN3. The lowest BCUT2D eigenvalue weighted by Crippen LogP contribution is -1.90. The molecule has 60 valence electrons. The third-order valence-corrected chi connectivity index (χ3v) is 1.50. The number of hydrazone groups is 1. The Bertz CT molecular complexity index is 313. The molecule has 0 fully saturated rings. The molecule has 3 nitrogen and oxygen atoms in total. The van der Waals surface area contributed by atoms with Crippen molar-refractivity contribution in [3.63, 3.8) is 0 Å². The third kappa shape index (κ3) is 2.72. The Labute approximate surface area is 78.8 Å². The average Bonchev–Trinajstić information content (AvgIpc) is 2.16. The largest absolute Gasteiger partial charge is 0.277 e. The number of hydrogen-bond acceptors (Lipinski definition) is 3. The van der Waals surface area contributed by atoms with Crippen LogP contribution in [-0.2, 0) is 0 Å². The predicted molar refractivity (Wildman–Crippen MR) is 52.0 cm³/mol. The molecule has 0 unspecified atom stereocenters. The molecule has 0 saturated heterocycles. The first-order chi connectivity index (χ1) is 5.83. The van der Waals surface area contributed by atoms with E-state index in [-0.39, 0.29) is 4.62 Å². The Balaban J connectivity index is 2.61. The van der Waals surface area contributed by atoms with Crippen molar-refractivity contribution in [3.05, 3.63) is 30.3 Å². The van der Waals surface area contributed by atoms with Gasteiger partial charge in [-0.05, 0) is 28.1 Å². The van der Waals surface area contributed by atoms with Crippen LogP contribution < -0.4 is 5.43 Å². The maximum absolute atomic E-state index is 8.35. The summed E-state index contributed by atoms with van der Waals surface area (Å²) in [4.78, 5) is 0. The third-order valence-electron chi connectivity index (χ3n) is 1.15. The van der Waals surface area contributed by atoms with E-state index in [0.717, 1.165) is 5.69 Å². The number of nitrogens with one attached hydrogen (secondary N) is 1. The summed E-state index contributed by atoms with van der Waals surface area (Å²) in [6.07, 6.45) is 0. The van der Waals surface area contributed by atoms with Gasteiger partial charge < -0.3 is 0 Å². The first-order valence-electron chi connectivity index (χ1n) is 3.27. The molecule has 1 aromatic carbocycles. The highest BCUT2D eigenvalue weighted by molar-refractivity contribution is 9.18. The molecule has 0 amide bonds. The molecule has 1 aromatic rings. The van der Waals surface area contributed by atoms with Gasteiger partial charge in [-0.15, -0.1) is 0 Å². The van der Waals surface area contributed by atoms with Gasteiger partial charge in [0.1, 0.15) is 6.07 Å². The molecule has 4 heteroatoms. The van der Waals surface area contributed by atoms with E-state index in [1.807, 2.05) is 36.4 Å². The summed E-state index contributed by atoms with van der Waals surface area (Å²) in [6, 6.07) is 11.2. The van der Waals surface area contributed by atoms with Crippen LogP contribution in [0.15, 0.2) is 35.4 Å². The Kier molecular flexibility index (Phi) is 3.30. The maximum Gasteiger partial charge on any atom is 0.203 e. The summed E-state index contributed by atoms with van der Waals surface area (Å²) in [5.41, 5.74) is 3.57. The highest BCUT2D eigenvalue weighted by Crippen LogP contribution is 2.04. The van der Waals surface area contributed by atoms with Crippen LogP contribution in [0.5, 0.6) is 0 Å². The SMILES string of the molecule is N#C/C(Br)=N\Nc1ccccc1. The Hall–Kier alpha value is -1.34. The van der Waals surface area contributed by atoms with E-state index in [1.54, 1.807) is 0 Å². The van der Waals surface area contributed by atoms with Crippen LogP contribution in [0.2, 0.25) is 0 Å². The second-order valence-electron chi connectivity index (χ2n) is 1.99. The Morgan fingerprint density at radius 1 is 1.42 bits per heavy atom. The van der Waals surface area contributed by atoms with Gasteiger partial charge in [-0.1, -0.05) is 18.2 Å². The summed E-state index contributed by atoms with van der Waals surface area (Å²) in [5, 5.41) is 12.1. The monoisotopic (exact) mass is 223 g/mol. The fourth-order valence-electron chi connectivity index (χ4n) is 0.651. The minimum absolute atomic E-state index is 0.228. The molecule has 0 aliphatic carbocycles. The van der Waals surface area contributed by atoms with E-state index in [2.05, 4.69) is 26.5 Å². The standard InChI is InChI=1S/C8H6BrN3/c9-8(6-10)12-11-7-4-2-1-3-5-7/h1-5,11H/b12-8+. The Morgan fingerprint density at radius 2 is 2.08 bits per heavy atom. The van der Waals surface area contributed by atoms with Crippen LogP contribution in [0.25, 0.3) is 0 Å². The van der Waals surface area contributed by atoms with Crippen LogP contribution in [0.3, 0.4) is 0 Å². The van der Waals surface area contributed by atoms with Crippen molar-refractivity contribution < 1.29 is 0 Å². The molecule has 0 saturated carbocycles. The summed E-state index contributed by atoms with van der Waals surface area (Å²) < 4.78 is 0.228. The van der Waals surface area contributed by atoms with Crippen molar-refractivity contribution in [2.45, 2.75) is 0 Å². The summed E-state index contributed by atoms with van der Waals surface area (Å²) in [5.74, 6) is 0. The van der Waals surface area contributed by atoms with Crippen LogP contribution >= 0.6 is 15.9 Å². The lowest BCUT2D eigenvalue weighted by Gasteiger charge is -1.96. The van der Waals surface area contributed by atoms with Crippen molar-refractivity contribution >= 4 is 26.2 Å². The normalized spacial score (nSPS) is 10.5. The number of rotatable bonds is 2. The van der Waals surface area contributed by atoms with E-state index in [1.165, 1.54) is 0 Å². The molecule has 1 rings (SSSR count). The smallest absolute Gasteiger partial charge is 0.203 e. The summed E-state index contributed by atoms with van der Waals surface area (Å²) in [7, 11) is 0. The molecule has 0 spiro atoms. The molecule has 12 heavy (non-hydrogen) atoms. The zero-order valence-corrected chi connectivity index (χ0v) is 7.75. The van der Waals surface area contributed by atoms with Crippen LogP contribution in [0, 0.1) is 11.3 Å². The van der Waals surface area contributed by atoms with E-state index in [9.17, 15) is 0 Å². The molecular weight excluding hydrogens is 218 g/mol. The first-order valence-corrected chi connectivity index (χ1v) is 4.06. The second kappa shape index (κ2) is 4.52. The minimum atomic E-state index is 0.228. The average molecular weight is 224 g/mol. The van der Waals surface area contributed by atoms with E-state index >= 15 is 0 Å². The highest BCUT2D eigenvalue weighted by atomic mass is 79.9. The number of halogens is 1. The number of nitrogens with zero attached hydrogens (tertiary/aromatic N) is 2. The van der Waals surface area contributed by atoms with Gasteiger partial charge in [-0.3, -0.25) is 5.43 Å². The van der Waals surface area contributed by atoms with Crippen LogP contribution in [0.4, 0.5) is 5.69 Å². The number of hydrogen-bond donors (Lipinski definition) is 1. The number of benzene rings is 1. The lowest BCUT2D eigenvalue weighted by atomic mass is 10.3. The van der Waals surface area contributed by atoms with Crippen LogP contribution in [0.1, 0.15) is 0 Å². The van der Waals surface area contributed by atoms with Gasteiger partial charge in [-0.25, -0.2) is 0 Å². The topological polar surface area (TPSA) is 48.2 Å². The fraction of sp³-hybridized carbons (Fsp3) is 0. The van der Waals surface area contributed by atoms with Crippen molar-refractivity contribution in [1.29, 1.82) is 5.26 Å². The second-order valence-corrected chi connectivity index (χ2v) is 2.74. The van der Waals surface area contributed by atoms with Crippen molar-refractivity contribution in [2.24, 2.45) is 5.10 Å². The summed E-state index contributed by atoms with van der Waals surface area (Å²) >= 11 is 2.96. The Morgan fingerprint density at radius 3 is 2.67 bits per heavy atom. The van der Waals surface area contributed by atoms with Gasteiger partial charge >= 0.3 is 0 Å². The molecule has 0 radical (unpaired) electrons.